The largest absolute Gasteiger partial charge is 0.489 e. The molecule has 1 fully saturated rings. The van der Waals surface area contributed by atoms with Gasteiger partial charge in [0.2, 0.25) is 0 Å². The Hall–Kier alpha value is -3.45. The van der Waals surface area contributed by atoms with Gasteiger partial charge in [-0.05, 0) is 37.0 Å². The molecule has 2 aromatic heterocycles. The summed E-state index contributed by atoms with van der Waals surface area (Å²) in [6, 6.07) is 18.2. The first-order valence-corrected chi connectivity index (χ1v) is 10.2. The number of nitrogens with zero attached hydrogens (tertiary/aromatic N) is 4. The van der Waals surface area contributed by atoms with Gasteiger partial charge in [-0.2, -0.15) is 5.10 Å². The molecule has 0 bridgehead atoms. The van der Waals surface area contributed by atoms with Gasteiger partial charge < -0.3 is 16.2 Å². The molecule has 7 nitrogen and oxygen atoms in total. The molecular weight excluding hydrogens is 376 g/mol. The Bertz CT molecular complexity index is 1170. The lowest BCUT2D eigenvalue weighted by molar-refractivity contribution is 0.306. The molecule has 4 N–H and O–H groups in total. The molecule has 0 spiro atoms. The first-order chi connectivity index (χ1) is 14.7. The van der Waals surface area contributed by atoms with Gasteiger partial charge in [0, 0.05) is 17.5 Å². The van der Waals surface area contributed by atoms with Crippen molar-refractivity contribution in [2.75, 3.05) is 5.73 Å². The number of ether oxygens (including phenoxy) is 1. The molecule has 2 aromatic carbocycles. The average molecular weight is 400 g/mol. The average Bonchev–Trinajstić information content (AvgIpc) is 3.38. The Labute approximate surface area is 174 Å². The van der Waals surface area contributed by atoms with Crippen molar-refractivity contribution in [3.05, 3.63) is 72.3 Å². The van der Waals surface area contributed by atoms with Crippen molar-refractivity contribution in [2.24, 2.45) is 5.73 Å². The Kier molecular flexibility index (Phi) is 4.80. The van der Waals surface area contributed by atoms with E-state index in [1.165, 1.54) is 6.33 Å². The van der Waals surface area contributed by atoms with E-state index >= 15 is 0 Å². The fraction of sp³-hybridized carbons (Fsp3) is 0.261. The molecule has 152 valence electrons. The van der Waals surface area contributed by atoms with Crippen LogP contribution in [0.4, 0.5) is 5.82 Å². The number of hydrogen-bond acceptors (Lipinski definition) is 6. The van der Waals surface area contributed by atoms with Crippen LogP contribution in [0.25, 0.3) is 16.8 Å². The van der Waals surface area contributed by atoms with E-state index in [1.54, 1.807) is 0 Å². The summed E-state index contributed by atoms with van der Waals surface area (Å²) in [6.07, 6.45) is 4.39. The first-order valence-electron chi connectivity index (χ1n) is 10.2. The van der Waals surface area contributed by atoms with Crippen molar-refractivity contribution in [3.8, 4) is 17.0 Å². The molecule has 2 atom stereocenters. The van der Waals surface area contributed by atoms with Crippen molar-refractivity contribution in [2.45, 2.75) is 37.8 Å². The predicted octanol–water partition coefficient (Wildman–Crippen LogP) is 3.55. The zero-order chi connectivity index (χ0) is 20.5. The van der Waals surface area contributed by atoms with Crippen molar-refractivity contribution in [1.82, 2.24) is 19.6 Å². The van der Waals surface area contributed by atoms with Crippen LogP contribution < -0.4 is 16.2 Å². The number of benzene rings is 2. The number of nitrogen functional groups attached to an aromatic ring is 1. The van der Waals surface area contributed by atoms with Crippen molar-refractivity contribution >= 4 is 11.3 Å². The second-order valence-electron chi connectivity index (χ2n) is 7.80. The van der Waals surface area contributed by atoms with Gasteiger partial charge in [0.25, 0.3) is 0 Å². The van der Waals surface area contributed by atoms with E-state index in [2.05, 4.69) is 10.1 Å². The maximum Gasteiger partial charge on any atom is 0.153 e. The summed E-state index contributed by atoms with van der Waals surface area (Å²) in [4.78, 5) is 9.16. The second kappa shape index (κ2) is 7.76. The van der Waals surface area contributed by atoms with Gasteiger partial charge in [0.1, 0.15) is 35.7 Å². The molecule has 1 aliphatic rings. The molecular formula is C23H24N6O. The number of imidazole rings is 1. The quantitative estimate of drug-likeness (QED) is 0.531. The number of hydrogen-bond donors (Lipinski definition) is 2. The summed E-state index contributed by atoms with van der Waals surface area (Å²) < 4.78 is 7.83. The summed E-state index contributed by atoms with van der Waals surface area (Å²) >= 11 is 0. The lowest BCUT2D eigenvalue weighted by Gasteiger charge is -2.08. The molecule has 7 heteroatoms. The Morgan fingerprint density at radius 1 is 1.07 bits per heavy atom. The maximum atomic E-state index is 6.24. The van der Waals surface area contributed by atoms with E-state index in [4.69, 9.17) is 21.2 Å². The van der Waals surface area contributed by atoms with Crippen molar-refractivity contribution in [1.29, 1.82) is 0 Å². The van der Waals surface area contributed by atoms with Crippen LogP contribution in [0.2, 0.25) is 0 Å². The number of aromatic nitrogens is 4. The monoisotopic (exact) mass is 400 g/mol. The minimum atomic E-state index is 0.208. The zero-order valence-electron chi connectivity index (χ0n) is 16.6. The molecule has 1 saturated carbocycles. The minimum absolute atomic E-state index is 0.208. The molecule has 1 aliphatic carbocycles. The fourth-order valence-electron chi connectivity index (χ4n) is 4.17. The Morgan fingerprint density at radius 2 is 1.93 bits per heavy atom. The molecule has 0 radical (unpaired) electrons. The van der Waals surface area contributed by atoms with Crippen LogP contribution >= 0.6 is 0 Å². The fourth-order valence-corrected chi connectivity index (χ4v) is 4.17. The number of fused-ring (bicyclic) bond motifs is 1. The van der Waals surface area contributed by atoms with Crippen LogP contribution in [-0.4, -0.2) is 25.6 Å². The van der Waals surface area contributed by atoms with Crippen LogP contribution in [0.1, 0.15) is 36.6 Å². The van der Waals surface area contributed by atoms with Crippen molar-refractivity contribution in [3.63, 3.8) is 0 Å². The van der Waals surface area contributed by atoms with Gasteiger partial charge in [0.05, 0.1) is 0 Å². The standard InChI is InChI=1S/C23H24N6O/c24-18-10-9-17(11-18)23-28-20(21-22(25)26-14-27-29(21)23)16-7-4-8-19(12-16)30-13-15-5-2-1-3-6-15/h1-8,12,14,17-18H,9-11,13,24H2,(H2,25,26,27). The third-order valence-corrected chi connectivity index (χ3v) is 5.68. The molecule has 0 saturated heterocycles. The van der Waals surface area contributed by atoms with Gasteiger partial charge >= 0.3 is 0 Å². The summed E-state index contributed by atoms with van der Waals surface area (Å²) in [5.41, 5.74) is 15.9. The van der Waals surface area contributed by atoms with Crippen molar-refractivity contribution < 1.29 is 4.74 Å². The van der Waals surface area contributed by atoms with Crippen LogP contribution in [0.15, 0.2) is 60.9 Å². The highest BCUT2D eigenvalue weighted by atomic mass is 16.5. The molecule has 5 rings (SSSR count). The van der Waals surface area contributed by atoms with Crippen LogP contribution in [0.3, 0.4) is 0 Å². The van der Waals surface area contributed by atoms with E-state index in [0.29, 0.717) is 12.4 Å². The molecule has 2 unspecified atom stereocenters. The molecule has 2 heterocycles. The molecule has 0 amide bonds. The molecule has 4 aromatic rings. The summed E-state index contributed by atoms with van der Waals surface area (Å²) in [5, 5.41) is 4.45. The van der Waals surface area contributed by atoms with E-state index in [-0.39, 0.29) is 12.0 Å². The zero-order valence-corrected chi connectivity index (χ0v) is 16.6. The maximum absolute atomic E-state index is 6.24. The lowest BCUT2D eigenvalue weighted by atomic mass is 10.1. The van der Waals surface area contributed by atoms with Gasteiger partial charge in [-0.1, -0.05) is 42.5 Å². The number of nitrogens with two attached hydrogens (primary N) is 2. The third-order valence-electron chi connectivity index (χ3n) is 5.68. The highest BCUT2D eigenvalue weighted by Crippen LogP contribution is 2.37. The minimum Gasteiger partial charge on any atom is -0.489 e. The van der Waals surface area contributed by atoms with E-state index in [1.807, 2.05) is 59.1 Å². The molecule has 0 aliphatic heterocycles. The van der Waals surface area contributed by atoms with Gasteiger partial charge in [0.15, 0.2) is 5.82 Å². The highest BCUT2D eigenvalue weighted by Gasteiger charge is 2.29. The van der Waals surface area contributed by atoms with Gasteiger partial charge in [-0.15, -0.1) is 0 Å². The smallest absolute Gasteiger partial charge is 0.153 e. The topological polar surface area (TPSA) is 104 Å². The van der Waals surface area contributed by atoms with E-state index in [0.717, 1.165) is 53.2 Å². The highest BCUT2D eigenvalue weighted by molar-refractivity contribution is 5.85. The SMILES string of the molecule is Nc1ncnn2c(C3CCC(N)C3)nc(-c3cccc(OCc4ccccc4)c3)c12. The molecule has 30 heavy (non-hydrogen) atoms. The number of anilines is 1. The Balaban J connectivity index is 1.51. The predicted molar refractivity (Wildman–Crippen MR) is 116 cm³/mol. The number of rotatable bonds is 5. The normalized spacial score (nSPS) is 18.7. The van der Waals surface area contributed by atoms with Gasteiger partial charge in [-0.3, -0.25) is 0 Å². The first kappa shape index (κ1) is 18.6. The Morgan fingerprint density at radius 3 is 2.73 bits per heavy atom. The van der Waals surface area contributed by atoms with E-state index < -0.39 is 0 Å². The summed E-state index contributed by atoms with van der Waals surface area (Å²) in [6.45, 7) is 0.505. The lowest BCUT2D eigenvalue weighted by Crippen LogP contribution is -2.15. The van der Waals surface area contributed by atoms with Crippen LogP contribution in [-0.2, 0) is 6.61 Å². The third kappa shape index (κ3) is 3.48. The summed E-state index contributed by atoms with van der Waals surface area (Å²) in [7, 11) is 0. The summed E-state index contributed by atoms with van der Waals surface area (Å²) in [5.74, 6) is 2.36. The second-order valence-corrected chi connectivity index (χ2v) is 7.80. The van der Waals surface area contributed by atoms with E-state index in [9.17, 15) is 0 Å². The van der Waals surface area contributed by atoms with Crippen LogP contribution in [0.5, 0.6) is 5.75 Å². The van der Waals surface area contributed by atoms with Crippen LogP contribution in [0, 0.1) is 0 Å². The van der Waals surface area contributed by atoms with Gasteiger partial charge in [-0.25, -0.2) is 14.5 Å².